The number of fused-ring (bicyclic) bond motifs is 1. The number of aromatic nitrogens is 1. The molecule has 1 aliphatic rings. The summed E-state index contributed by atoms with van der Waals surface area (Å²) in [6.45, 7) is 0.756. The number of carbonyl (C=O) groups is 1. The summed E-state index contributed by atoms with van der Waals surface area (Å²) in [5.74, 6) is 0.197. The minimum atomic E-state index is 0.197. The first kappa shape index (κ1) is 6.94. The second-order valence-electron chi connectivity index (χ2n) is 2.39. The highest BCUT2D eigenvalue weighted by atomic mass is 32.2. The van der Waals surface area contributed by atoms with Gasteiger partial charge in [-0.2, -0.15) is 0 Å². The van der Waals surface area contributed by atoms with Gasteiger partial charge in [0.25, 0.3) is 0 Å². The molecule has 1 aromatic heterocycles. The molecule has 2 rings (SSSR count). The molecule has 0 unspecified atom stereocenters. The van der Waals surface area contributed by atoms with E-state index < -0.39 is 0 Å². The molecular weight excluding hydrogens is 160 g/mol. The number of nitrogens with one attached hydrogen (secondary N) is 2. The molecule has 3 nitrogen and oxygen atoms in total. The highest BCUT2D eigenvalue weighted by Crippen LogP contribution is 2.22. The second kappa shape index (κ2) is 2.71. The van der Waals surface area contributed by atoms with E-state index in [1.807, 2.05) is 6.07 Å². The maximum Gasteiger partial charge on any atom is 0.181 e. The molecule has 0 amide bonds. The van der Waals surface area contributed by atoms with E-state index in [9.17, 15) is 4.79 Å². The van der Waals surface area contributed by atoms with Gasteiger partial charge in [0.15, 0.2) is 5.78 Å². The van der Waals surface area contributed by atoms with E-state index in [2.05, 4.69) is 9.71 Å². The van der Waals surface area contributed by atoms with Gasteiger partial charge in [0, 0.05) is 19.2 Å². The molecule has 1 aliphatic heterocycles. The smallest absolute Gasteiger partial charge is 0.181 e. The number of aromatic amines is 1. The SMILES string of the molecule is O=C1CCNSc2cc[nH]c21. The van der Waals surface area contributed by atoms with Gasteiger partial charge in [-0.1, -0.05) is 0 Å². The molecule has 11 heavy (non-hydrogen) atoms. The quantitative estimate of drug-likeness (QED) is 0.572. The Bertz CT molecular complexity index is 282. The Hall–Kier alpha value is -0.740. The first-order chi connectivity index (χ1) is 5.38. The summed E-state index contributed by atoms with van der Waals surface area (Å²) < 4.78 is 3.10. The number of hydrogen-bond donors (Lipinski definition) is 2. The third kappa shape index (κ3) is 1.19. The van der Waals surface area contributed by atoms with Crippen molar-refractivity contribution in [1.82, 2.24) is 9.71 Å². The Labute approximate surface area is 68.7 Å². The number of ketones is 1. The van der Waals surface area contributed by atoms with Crippen molar-refractivity contribution < 1.29 is 4.79 Å². The van der Waals surface area contributed by atoms with Crippen LogP contribution in [0.15, 0.2) is 17.2 Å². The molecule has 0 saturated carbocycles. The average Bonchev–Trinajstić information content (AvgIpc) is 2.40. The van der Waals surface area contributed by atoms with Gasteiger partial charge in [-0.25, -0.2) is 0 Å². The average molecular weight is 168 g/mol. The minimum Gasteiger partial charge on any atom is -0.358 e. The van der Waals surface area contributed by atoms with Crippen molar-refractivity contribution in [3.63, 3.8) is 0 Å². The molecule has 58 valence electrons. The number of carbonyl (C=O) groups excluding carboxylic acids is 1. The molecular formula is C7H8N2OS. The molecule has 0 bridgehead atoms. The van der Waals surface area contributed by atoms with Gasteiger partial charge in [0.2, 0.25) is 0 Å². The van der Waals surface area contributed by atoms with Crippen molar-refractivity contribution in [2.75, 3.05) is 6.54 Å². The largest absolute Gasteiger partial charge is 0.358 e. The lowest BCUT2D eigenvalue weighted by Crippen LogP contribution is -2.06. The summed E-state index contributed by atoms with van der Waals surface area (Å²) in [4.78, 5) is 15.2. The summed E-state index contributed by atoms with van der Waals surface area (Å²) in [5.41, 5.74) is 0.750. The van der Waals surface area contributed by atoms with E-state index in [0.717, 1.165) is 17.1 Å². The zero-order valence-corrected chi connectivity index (χ0v) is 6.70. The number of Topliss-reactive ketones (excluding diaryl/α,β-unsaturated/α-hetero) is 1. The van der Waals surface area contributed by atoms with Crippen LogP contribution in [0.5, 0.6) is 0 Å². The fourth-order valence-corrected chi connectivity index (χ4v) is 1.85. The van der Waals surface area contributed by atoms with Crippen molar-refractivity contribution in [3.8, 4) is 0 Å². The van der Waals surface area contributed by atoms with Gasteiger partial charge in [-0.05, 0) is 18.0 Å². The van der Waals surface area contributed by atoms with Crippen molar-refractivity contribution in [1.29, 1.82) is 0 Å². The Kier molecular flexibility index (Phi) is 1.71. The summed E-state index contributed by atoms with van der Waals surface area (Å²) in [7, 11) is 0. The fraction of sp³-hybridized carbons (Fsp3) is 0.286. The van der Waals surface area contributed by atoms with Gasteiger partial charge in [-0.3, -0.25) is 9.52 Å². The maximum absolute atomic E-state index is 11.3. The Morgan fingerprint density at radius 2 is 2.45 bits per heavy atom. The van der Waals surface area contributed by atoms with Crippen molar-refractivity contribution in [2.24, 2.45) is 0 Å². The number of hydrogen-bond acceptors (Lipinski definition) is 3. The highest BCUT2D eigenvalue weighted by Gasteiger charge is 2.15. The Morgan fingerprint density at radius 3 is 3.36 bits per heavy atom. The van der Waals surface area contributed by atoms with Crippen LogP contribution in [0.4, 0.5) is 0 Å². The number of H-pyrrole nitrogens is 1. The van der Waals surface area contributed by atoms with Crippen LogP contribution in [-0.2, 0) is 0 Å². The predicted octanol–water partition coefficient (Wildman–Crippen LogP) is 1.20. The zero-order chi connectivity index (χ0) is 7.68. The van der Waals surface area contributed by atoms with E-state index in [0.29, 0.717) is 6.42 Å². The normalized spacial score (nSPS) is 17.6. The van der Waals surface area contributed by atoms with Gasteiger partial charge in [0.1, 0.15) is 0 Å². The van der Waals surface area contributed by atoms with Gasteiger partial charge >= 0.3 is 0 Å². The molecule has 1 aromatic rings. The minimum absolute atomic E-state index is 0.197. The summed E-state index contributed by atoms with van der Waals surface area (Å²) in [6.07, 6.45) is 2.38. The second-order valence-corrected chi connectivity index (χ2v) is 3.32. The third-order valence-electron chi connectivity index (χ3n) is 1.62. The van der Waals surface area contributed by atoms with Crippen molar-refractivity contribution >= 4 is 17.7 Å². The predicted molar refractivity (Wildman–Crippen MR) is 43.6 cm³/mol. The van der Waals surface area contributed by atoms with Crippen molar-refractivity contribution in [2.45, 2.75) is 11.3 Å². The third-order valence-corrected chi connectivity index (χ3v) is 2.53. The first-order valence-corrected chi connectivity index (χ1v) is 4.30. The molecule has 0 aromatic carbocycles. The van der Waals surface area contributed by atoms with E-state index in [-0.39, 0.29) is 5.78 Å². The number of rotatable bonds is 0. The standard InChI is InChI=1S/C7H8N2OS/c10-5-1-4-9-11-6-2-3-8-7(5)6/h2-3,8-9H,1,4H2. The van der Waals surface area contributed by atoms with Gasteiger partial charge in [0.05, 0.1) is 10.6 Å². The van der Waals surface area contributed by atoms with Crippen LogP contribution >= 0.6 is 11.9 Å². The Morgan fingerprint density at radius 1 is 1.55 bits per heavy atom. The molecule has 2 N–H and O–H groups in total. The lowest BCUT2D eigenvalue weighted by molar-refractivity contribution is 0.0978. The molecule has 0 radical (unpaired) electrons. The van der Waals surface area contributed by atoms with E-state index >= 15 is 0 Å². The molecule has 2 heterocycles. The van der Waals surface area contributed by atoms with Crippen LogP contribution in [0.25, 0.3) is 0 Å². The van der Waals surface area contributed by atoms with Crippen LogP contribution in [0.2, 0.25) is 0 Å². The van der Waals surface area contributed by atoms with Gasteiger partial charge < -0.3 is 4.98 Å². The Balaban J connectivity index is 2.41. The molecule has 0 saturated heterocycles. The molecule has 0 fully saturated rings. The summed E-state index contributed by atoms with van der Waals surface area (Å²) in [6, 6.07) is 1.91. The first-order valence-electron chi connectivity index (χ1n) is 3.48. The van der Waals surface area contributed by atoms with Crippen LogP contribution in [0.3, 0.4) is 0 Å². The molecule has 0 spiro atoms. The molecule has 4 heteroatoms. The van der Waals surface area contributed by atoms with E-state index in [1.165, 1.54) is 11.9 Å². The van der Waals surface area contributed by atoms with Crippen molar-refractivity contribution in [3.05, 3.63) is 18.0 Å². The molecule has 0 atom stereocenters. The highest BCUT2D eigenvalue weighted by molar-refractivity contribution is 7.97. The topological polar surface area (TPSA) is 44.9 Å². The van der Waals surface area contributed by atoms with Gasteiger partial charge in [-0.15, -0.1) is 0 Å². The summed E-state index contributed by atoms with van der Waals surface area (Å²) >= 11 is 1.52. The van der Waals surface area contributed by atoms with E-state index in [4.69, 9.17) is 0 Å². The van der Waals surface area contributed by atoms with Crippen LogP contribution in [0, 0.1) is 0 Å². The maximum atomic E-state index is 11.3. The lowest BCUT2D eigenvalue weighted by atomic mass is 10.2. The zero-order valence-electron chi connectivity index (χ0n) is 5.89. The van der Waals surface area contributed by atoms with E-state index in [1.54, 1.807) is 6.20 Å². The lowest BCUT2D eigenvalue weighted by Gasteiger charge is -1.93. The van der Waals surface area contributed by atoms with Crippen LogP contribution in [-0.4, -0.2) is 17.3 Å². The van der Waals surface area contributed by atoms with Crippen LogP contribution in [0.1, 0.15) is 16.9 Å². The molecule has 0 aliphatic carbocycles. The monoisotopic (exact) mass is 168 g/mol. The van der Waals surface area contributed by atoms with Crippen LogP contribution < -0.4 is 4.72 Å². The fourth-order valence-electron chi connectivity index (χ4n) is 1.08. The summed E-state index contributed by atoms with van der Waals surface area (Å²) in [5, 5.41) is 0.